The summed E-state index contributed by atoms with van der Waals surface area (Å²) in [7, 11) is 0. The number of aryl methyl sites for hydroxylation is 1. The summed E-state index contributed by atoms with van der Waals surface area (Å²) in [5, 5.41) is 4.15. The van der Waals surface area contributed by atoms with E-state index in [4.69, 9.17) is 23.8 Å². The van der Waals surface area contributed by atoms with Gasteiger partial charge in [0.25, 0.3) is 0 Å². The molecule has 0 radical (unpaired) electrons. The molecule has 1 aromatic heterocycles. The molecule has 0 spiro atoms. The lowest BCUT2D eigenvalue weighted by molar-refractivity contribution is -0.924. The maximum atomic E-state index is 6.12. The van der Waals surface area contributed by atoms with E-state index in [9.17, 15) is 0 Å². The van der Waals surface area contributed by atoms with Gasteiger partial charge in [0.05, 0.1) is 26.2 Å². The molecule has 1 aliphatic rings. The van der Waals surface area contributed by atoms with Crippen LogP contribution in [0.2, 0.25) is 5.02 Å². The van der Waals surface area contributed by atoms with Gasteiger partial charge < -0.3 is 9.80 Å². The van der Waals surface area contributed by atoms with Crippen molar-refractivity contribution in [2.75, 3.05) is 31.1 Å². The molecule has 3 aromatic rings. The fourth-order valence-electron chi connectivity index (χ4n) is 3.44. The first-order valence-corrected chi connectivity index (χ1v) is 9.95. The zero-order valence-corrected chi connectivity index (χ0v) is 16.9. The second kappa shape index (κ2) is 7.84. The van der Waals surface area contributed by atoms with Gasteiger partial charge in [-0.2, -0.15) is 4.98 Å². The Bertz CT molecular complexity index is 971. The third kappa shape index (κ3) is 4.24. The maximum Gasteiger partial charge on any atom is 0.221 e. The van der Waals surface area contributed by atoms with Gasteiger partial charge in [-0.05, 0) is 37.3 Å². The summed E-state index contributed by atoms with van der Waals surface area (Å²) < 4.78 is 2.59. The summed E-state index contributed by atoms with van der Waals surface area (Å²) in [6.45, 7) is 6.99. The fraction of sp³-hybridized carbons (Fsp3) is 0.300. The molecular formula is C20H23ClN5S+. The normalized spacial score (nSPS) is 15.3. The quantitative estimate of drug-likeness (QED) is 0.661. The lowest BCUT2D eigenvalue weighted by Gasteiger charge is -2.33. The minimum atomic E-state index is 0.607. The SMILES string of the molecule is Cc1ccc(-c2nc(=S)n(C[NH+]3CCN(c4cccc(Cl)c4)CC3)[nH]2)cc1. The smallest absolute Gasteiger partial charge is 0.221 e. The molecule has 7 heteroatoms. The van der Waals surface area contributed by atoms with Gasteiger partial charge in [0, 0.05) is 16.3 Å². The van der Waals surface area contributed by atoms with Crippen LogP contribution in [0.25, 0.3) is 11.4 Å². The molecule has 27 heavy (non-hydrogen) atoms. The van der Waals surface area contributed by atoms with Crippen molar-refractivity contribution in [2.45, 2.75) is 13.6 Å². The summed E-state index contributed by atoms with van der Waals surface area (Å²) >= 11 is 11.6. The van der Waals surface area contributed by atoms with Gasteiger partial charge >= 0.3 is 0 Å². The molecule has 1 aliphatic heterocycles. The van der Waals surface area contributed by atoms with Crippen LogP contribution >= 0.6 is 23.8 Å². The van der Waals surface area contributed by atoms with E-state index >= 15 is 0 Å². The number of quaternary nitrogens is 1. The summed E-state index contributed by atoms with van der Waals surface area (Å²) in [4.78, 5) is 8.41. The van der Waals surface area contributed by atoms with Crippen LogP contribution in [0.3, 0.4) is 0 Å². The Balaban J connectivity index is 1.41. The Kier molecular flexibility index (Phi) is 5.29. The van der Waals surface area contributed by atoms with E-state index in [0.717, 1.165) is 49.3 Å². The minimum Gasteiger partial charge on any atom is -0.360 e. The van der Waals surface area contributed by atoms with Crippen molar-refractivity contribution in [1.82, 2.24) is 14.8 Å². The second-order valence-electron chi connectivity index (χ2n) is 7.02. The van der Waals surface area contributed by atoms with E-state index in [2.05, 4.69) is 52.2 Å². The number of hydrogen-bond donors (Lipinski definition) is 2. The molecule has 0 bridgehead atoms. The topological polar surface area (TPSA) is 41.3 Å². The number of hydrogen-bond acceptors (Lipinski definition) is 3. The Morgan fingerprint density at radius 1 is 1.15 bits per heavy atom. The lowest BCUT2D eigenvalue weighted by Crippen LogP contribution is -3.14. The Labute approximate surface area is 169 Å². The second-order valence-corrected chi connectivity index (χ2v) is 7.83. The highest BCUT2D eigenvalue weighted by Gasteiger charge is 2.21. The number of nitrogens with zero attached hydrogens (tertiary/aromatic N) is 3. The van der Waals surface area contributed by atoms with Crippen molar-refractivity contribution in [3.8, 4) is 11.4 Å². The van der Waals surface area contributed by atoms with Crippen LogP contribution in [0.15, 0.2) is 48.5 Å². The highest BCUT2D eigenvalue weighted by molar-refractivity contribution is 7.71. The average Bonchev–Trinajstić information content (AvgIpc) is 3.03. The summed E-state index contributed by atoms with van der Waals surface area (Å²) in [6.07, 6.45) is 0. The highest BCUT2D eigenvalue weighted by Crippen LogP contribution is 2.19. The Morgan fingerprint density at radius 3 is 2.59 bits per heavy atom. The van der Waals surface area contributed by atoms with E-state index in [1.54, 1.807) is 0 Å². The van der Waals surface area contributed by atoms with E-state index in [0.29, 0.717) is 4.77 Å². The molecule has 1 fully saturated rings. The Morgan fingerprint density at radius 2 is 1.89 bits per heavy atom. The van der Waals surface area contributed by atoms with E-state index in [1.807, 2.05) is 22.9 Å². The molecule has 0 amide bonds. The van der Waals surface area contributed by atoms with Crippen LogP contribution < -0.4 is 9.80 Å². The summed E-state index contributed by atoms with van der Waals surface area (Å²) in [6, 6.07) is 16.4. The molecule has 0 atom stereocenters. The van der Waals surface area contributed by atoms with Gasteiger partial charge in [-0.1, -0.05) is 47.5 Å². The van der Waals surface area contributed by atoms with Crippen LogP contribution in [-0.2, 0) is 6.67 Å². The van der Waals surface area contributed by atoms with Crippen molar-refractivity contribution >= 4 is 29.5 Å². The Hall–Kier alpha value is -2.15. The molecule has 2 N–H and O–H groups in total. The van der Waals surface area contributed by atoms with Gasteiger partial charge in [0.2, 0.25) is 4.77 Å². The first-order valence-electron chi connectivity index (χ1n) is 9.16. The zero-order chi connectivity index (χ0) is 18.8. The van der Waals surface area contributed by atoms with Crippen LogP contribution in [0, 0.1) is 11.7 Å². The maximum absolute atomic E-state index is 6.12. The number of benzene rings is 2. The standard InChI is InChI=1S/C20H22ClN5S/c1-15-5-7-16(8-6-15)19-22-20(27)26(23-19)14-24-9-11-25(12-10-24)18-4-2-3-17(21)13-18/h2-8,13H,9-12,14H2,1H3,(H,22,23,27)/p+1. The predicted molar refractivity (Wildman–Crippen MR) is 112 cm³/mol. The third-order valence-corrected chi connectivity index (χ3v) is 5.58. The van der Waals surface area contributed by atoms with Crippen LogP contribution in [0.1, 0.15) is 5.56 Å². The molecule has 4 rings (SSSR count). The van der Waals surface area contributed by atoms with Gasteiger partial charge in [-0.25, -0.2) is 4.68 Å². The van der Waals surface area contributed by atoms with Crippen molar-refractivity contribution < 1.29 is 4.90 Å². The van der Waals surface area contributed by atoms with E-state index < -0.39 is 0 Å². The van der Waals surface area contributed by atoms with Crippen LogP contribution in [0.4, 0.5) is 5.69 Å². The molecule has 2 heterocycles. The number of anilines is 1. The molecule has 2 aromatic carbocycles. The van der Waals surface area contributed by atoms with Crippen molar-refractivity contribution in [1.29, 1.82) is 0 Å². The molecule has 0 unspecified atom stereocenters. The van der Waals surface area contributed by atoms with Crippen molar-refractivity contribution in [2.24, 2.45) is 0 Å². The average molecular weight is 401 g/mol. The summed E-state index contributed by atoms with van der Waals surface area (Å²) in [5.74, 6) is 0.831. The van der Waals surface area contributed by atoms with E-state index in [-0.39, 0.29) is 0 Å². The first kappa shape index (κ1) is 18.2. The summed E-state index contributed by atoms with van der Waals surface area (Å²) in [5.41, 5.74) is 3.49. The monoisotopic (exact) mass is 400 g/mol. The number of aromatic amines is 1. The van der Waals surface area contributed by atoms with Gasteiger partial charge in [-0.15, -0.1) is 0 Å². The van der Waals surface area contributed by atoms with Crippen LogP contribution in [-0.4, -0.2) is 40.9 Å². The van der Waals surface area contributed by atoms with Crippen molar-refractivity contribution in [3.63, 3.8) is 0 Å². The number of H-pyrrole nitrogens is 1. The number of piperazine rings is 1. The third-order valence-electron chi connectivity index (χ3n) is 5.03. The number of rotatable bonds is 4. The fourth-order valence-corrected chi connectivity index (χ4v) is 3.83. The van der Waals surface area contributed by atoms with Gasteiger partial charge in [0.15, 0.2) is 12.5 Å². The molecule has 0 saturated carbocycles. The predicted octanol–water partition coefficient (Wildman–Crippen LogP) is 2.93. The van der Waals surface area contributed by atoms with Crippen molar-refractivity contribution in [3.05, 3.63) is 63.9 Å². The zero-order valence-electron chi connectivity index (χ0n) is 15.3. The molecular weight excluding hydrogens is 378 g/mol. The molecule has 5 nitrogen and oxygen atoms in total. The highest BCUT2D eigenvalue weighted by atomic mass is 35.5. The largest absolute Gasteiger partial charge is 0.360 e. The molecule has 0 aliphatic carbocycles. The first-order chi connectivity index (χ1) is 13.1. The molecule has 1 saturated heterocycles. The van der Waals surface area contributed by atoms with E-state index in [1.165, 1.54) is 16.2 Å². The van der Waals surface area contributed by atoms with Crippen LogP contribution in [0.5, 0.6) is 0 Å². The van der Waals surface area contributed by atoms with Gasteiger partial charge in [-0.3, -0.25) is 5.10 Å². The molecule has 140 valence electrons. The number of halogens is 1. The lowest BCUT2D eigenvalue weighted by atomic mass is 10.1. The minimum absolute atomic E-state index is 0.607. The number of aromatic nitrogens is 3. The van der Waals surface area contributed by atoms with Gasteiger partial charge in [0.1, 0.15) is 0 Å². The number of nitrogens with one attached hydrogen (secondary N) is 2.